The number of hydrogen-bond donors (Lipinski definition) is 1. The van der Waals surface area contributed by atoms with Crippen LogP contribution in [-0.2, 0) is 4.79 Å². The molecule has 3 amide bonds. The third-order valence-electron chi connectivity index (χ3n) is 3.15. The van der Waals surface area contributed by atoms with Gasteiger partial charge in [0.1, 0.15) is 5.54 Å². The summed E-state index contributed by atoms with van der Waals surface area (Å²) in [5.41, 5.74) is -0.632. The Morgan fingerprint density at radius 2 is 2.07 bits per heavy atom. The van der Waals surface area contributed by atoms with E-state index in [1.807, 2.05) is 6.07 Å². The van der Waals surface area contributed by atoms with E-state index in [4.69, 9.17) is 5.26 Å². The second kappa shape index (κ2) is 3.54. The Labute approximate surface area is 88.0 Å². The van der Waals surface area contributed by atoms with Gasteiger partial charge in [0.05, 0.1) is 12.5 Å². The van der Waals surface area contributed by atoms with Gasteiger partial charge in [0.15, 0.2) is 0 Å². The van der Waals surface area contributed by atoms with Crippen LogP contribution in [0.15, 0.2) is 0 Å². The van der Waals surface area contributed by atoms with Crippen molar-refractivity contribution < 1.29 is 9.59 Å². The van der Waals surface area contributed by atoms with Gasteiger partial charge in [-0.15, -0.1) is 0 Å². The maximum absolute atomic E-state index is 12.0. The summed E-state index contributed by atoms with van der Waals surface area (Å²) in [5, 5.41) is 11.2. The second-order valence-electron chi connectivity index (χ2n) is 4.08. The Hall–Kier alpha value is -1.57. The van der Waals surface area contributed by atoms with Gasteiger partial charge in [0, 0.05) is 6.54 Å². The van der Waals surface area contributed by atoms with Crippen LogP contribution in [0.25, 0.3) is 0 Å². The molecule has 5 nitrogen and oxygen atoms in total. The fourth-order valence-corrected chi connectivity index (χ4v) is 2.36. The lowest BCUT2D eigenvalue weighted by atomic mass is 9.98. The lowest BCUT2D eigenvalue weighted by Crippen LogP contribution is -2.44. The molecule has 2 aliphatic rings. The highest BCUT2D eigenvalue weighted by atomic mass is 16.2. The Kier molecular flexibility index (Phi) is 2.35. The van der Waals surface area contributed by atoms with Crippen molar-refractivity contribution >= 4 is 11.9 Å². The van der Waals surface area contributed by atoms with E-state index in [9.17, 15) is 9.59 Å². The maximum Gasteiger partial charge on any atom is 0.325 e. The lowest BCUT2D eigenvalue weighted by molar-refractivity contribution is -0.131. The highest BCUT2D eigenvalue weighted by molar-refractivity contribution is 6.07. The number of carbonyl (C=O) groups is 2. The van der Waals surface area contributed by atoms with Crippen LogP contribution in [0.4, 0.5) is 4.79 Å². The smallest absolute Gasteiger partial charge is 0.323 e. The number of nitriles is 1. The molecule has 0 radical (unpaired) electrons. The van der Waals surface area contributed by atoms with E-state index in [2.05, 4.69) is 5.32 Å². The molecule has 1 saturated carbocycles. The molecule has 80 valence electrons. The zero-order valence-corrected chi connectivity index (χ0v) is 8.45. The van der Waals surface area contributed by atoms with Crippen LogP contribution in [0, 0.1) is 11.3 Å². The summed E-state index contributed by atoms with van der Waals surface area (Å²) in [7, 11) is 0. The van der Waals surface area contributed by atoms with Crippen molar-refractivity contribution in [2.24, 2.45) is 0 Å². The molecule has 1 N–H and O–H groups in total. The van der Waals surface area contributed by atoms with Crippen molar-refractivity contribution in [2.75, 3.05) is 6.54 Å². The highest BCUT2D eigenvalue weighted by Crippen LogP contribution is 2.34. The lowest BCUT2D eigenvalue weighted by Gasteiger charge is -2.19. The maximum atomic E-state index is 12.0. The Balaban J connectivity index is 2.13. The zero-order chi connectivity index (χ0) is 10.9. The van der Waals surface area contributed by atoms with E-state index in [1.165, 1.54) is 4.90 Å². The monoisotopic (exact) mass is 207 g/mol. The molecule has 2 fully saturated rings. The van der Waals surface area contributed by atoms with E-state index in [0.29, 0.717) is 0 Å². The Morgan fingerprint density at radius 1 is 1.40 bits per heavy atom. The zero-order valence-electron chi connectivity index (χ0n) is 8.45. The number of imide groups is 1. The molecule has 1 saturated heterocycles. The Bertz CT molecular complexity index is 339. The van der Waals surface area contributed by atoms with Crippen molar-refractivity contribution in [3.05, 3.63) is 0 Å². The summed E-state index contributed by atoms with van der Waals surface area (Å²) in [6.45, 7) is 0.211. The van der Waals surface area contributed by atoms with Gasteiger partial charge in [-0.2, -0.15) is 5.26 Å². The van der Waals surface area contributed by atoms with Crippen molar-refractivity contribution in [2.45, 2.75) is 37.6 Å². The van der Waals surface area contributed by atoms with Crippen LogP contribution < -0.4 is 5.32 Å². The van der Waals surface area contributed by atoms with Crippen LogP contribution in [0.3, 0.4) is 0 Å². The molecule has 0 atom stereocenters. The van der Waals surface area contributed by atoms with Crippen molar-refractivity contribution in [3.8, 4) is 6.07 Å². The molecule has 0 bridgehead atoms. The second-order valence-corrected chi connectivity index (χ2v) is 4.08. The van der Waals surface area contributed by atoms with Gasteiger partial charge < -0.3 is 5.32 Å². The molecule has 1 heterocycles. The number of nitrogens with one attached hydrogen (secondary N) is 1. The van der Waals surface area contributed by atoms with Crippen molar-refractivity contribution in [1.82, 2.24) is 10.2 Å². The van der Waals surface area contributed by atoms with Crippen molar-refractivity contribution in [3.63, 3.8) is 0 Å². The summed E-state index contributed by atoms with van der Waals surface area (Å²) < 4.78 is 0. The quantitative estimate of drug-likeness (QED) is 0.679. The summed E-state index contributed by atoms with van der Waals surface area (Å²) in [5.74, 6) is -0.139. The molecule has 1 aliphatic heterocycles. The summed E-state index contributed by atoms with van der Waals surface area (Å²) >= 11 is 0. The molecule has 1 aliphatic carbocycles. The van der Waals surface area contributed by atoms with Gasteiger partial charge >= 0.3 is 6.03 Å². The van der Waals surface area contributed by atoms with Crippen LogP contribution in [0.2, 0.25) is 0 Å². The average molecular weight is 207 g/mol. The summed E-state index contributed by atoms with van der Waals surface area (Å²) in [6, 6.07) is 1.60. The number of rotatable bonds is 2. The summed E-state index contributed by atoms with van der Waals surface area (Å²) in [4.78, 5) is 24.7. The SMILES string of the molecule is N#CCCN1C(=O)NC2(CCCC2)C1=O. The highest BCUT2D eigenvalue weighted by Gasteiger charge is 2.51. The molecule has 2 rings (SSSR count). The first-order valence-corrected chi connectivity index (χ1v) is 5.21. The van der Waals surface area contributed by atoms with Gasteiger partial charge in [-0.3, -0.25) is 9.69 Å². The molecule has 15 heavy (non-hydrogen) atoms. The Morgan fingerprint density at radius 3 is 2.67 bits per heavy atom. The average Bonchev–Trinajstić information content (AvgIpc) is 2.75. The molecular formula is C10H13N3O2. The van der Waals surface area contributed by atoms with Gasteiger partial charge in [0.25, 0.3) is 5.91 Å². The van der Waals surface area contributed by atoms with Crippen LogP contribution in [-0.4, -0.2) is 28.9 Å². The van der Waals surface area contributed by atoms with Gasteiger partial charge in [0.2, 0.25) is 0 Å². The first kappa shape index (κ1) is 9.97. The fourth-order valence-electron chi connectivity index (χ4n) is 2.36. The molecule has 0 unspecified atom stereocenters. The van der Waals surface area contributed by atoms with Crippen LogP contribution in [0.5, 0.6) is 0 Å². The summed E-state index contributed by atoms with van der Waals surface area (Å²) in [6.07, 6.45) is 3.65. The first-order valence-electron chi connectivity index (χ1n) is 5.21. The number of urea groups is 1. The van der Waals surface area contributed by atoms with Crippen LogP contribution >= 0.6 is 0 Å². The third kappa shape index (κ3) is 1.46. The normalized spacial score (nSPS) is 23.3. The minimum Gasteiger partial charge on any atom is -0.323 e. The number of hydrogen-bond acceptors (Lipinski definition) is 3. The minimum atomic E-state index is -0.632. The van der Waals surface area contributed by atoms with Gasteiger partial charge in [-0.25, -0.2) is 4.79 Å². The van der Waals surface area contributed by atoms with Gasteiger partial charge in [-0.1, -0.05) is 12.8 Å². The predicted molar refractivity (Wildman–Crippen MR) is 51.7 cm³/mol. The van der Waals surface area contributed by atoms with Gasteiger partial charge in [-0.05, 0) is 12.8 Å². The number of nitrogens with zero attached hydrogens (tertiary/aromatic N) is 2. The predicted octanol–water partition coefficient (Wildman–Crippen LogP) is 0.765. The van der Waals surface area contributed by atoms with E-state index < -0.39 is 5.54 Å². The van der Waals surface area contributed by atoms with E-state index in [0.717, 1.165) is 25.7 Å². The fraction of sp³-hybridized carbons (Fsp3) is 0.700. The number of carbonyl (C=O) groups excluding carboxylic acids is 2. The minimum absolute atomic E-state index is 0.139. The molecular weight excluding hydrogens is 194 g/mol. The topological polar surface area (TPSA) is 73.2 Å². The number of amides is 3. The van der Waals surface area contributed by atoms with Crippen molar-refractivity contribution in [1.29, 1.82) is 5.26 Å². The third-order valence-corrected chi connectivity index (χ3v) is 3.15. The van der Waals surface area contributed by atoms with E-state index >= 15 is 0 Å². The van der Waals surface area contributed by atoms with E-state index in [-0.39, 0.29) is 24.9 Å². The molecule has 1 spiro atoms. The first-order chi connectivity index (χ1) is 7.19. The molecule has 0 aromatic heterocycles. The molecule has 0 aromatic carbocycles. The van der Waals surface area contributed by atoms with Crippen LogP contribution in [0.1, 0.15) is 32.1 Å². The standard InChI is InChI=1S/C10H13N3O2/c11-6-3-7-13-8(14)10(12-9(13)15)4-1-2-5-10/h1-5,7H2,(H,12,15). The van der Waals surface area contributed by atoms with E-state index in [1.54, 1.807) is 0 Å². The largest absolute Gasteiger partial charge is 0.325 e. The molecule has 0 aromatic rings. The molecule has 5 heteroatoms.